The number of rotatable bonds is 14. The minimum atomic E-state index is 0.208. The van der Waals surface area contributed by atoms with Gasteiger partial charge >= 0.3 is 0 Å². The maximum Gasteiger partial charge on any atom is 0.0936 e. The number of hydrogen-bond acceptors (Lipinski definition) is 2. The molecule has 0 unspecified atom stereocenters. The molecule has 0 aromatic heterocycles. The van der Waals surface area contributed by atoms with Crippen molar-refractivity contribution < 1.29 is 4.84 Å². The van der Waals surface area contributed by atoms with Crippen molar-refractivity contribution in [3.05, 3.63) is 33.8 Å². The minimum absolute atomic E-state index is 0.208. The van der Waals surface area contributed by atoms with E-state index in [9.17, 15) is 0 Å². The molecule has 3 heteroatoms. The molecule has 2 nitrogen and oxygen atoms in total. The van der Waals surface area contributed by atoms with E-state index < -0.39 is 0 Å². The van der Waals surface area contributed by atoms with Gasteiger partial charge in [0.1, 0.15) is 0 Å². The van der Waals surface area contributed by atoms with Crippen molar-refractivity contribution in [1.82, 2.24) is 5.06 Å². The van der Waals surface area contributed by atoms with Crippen molar-refractivity contribution in [2.75, 3.05) is 13.1 Å². The molecule has 0 amide bonds. The molecular weight excluding hydrogens is 354 g/mol. The van der Waals surface area contributed by atoms with Crippen LogP contribution in [0.4, 0.5) is 0 Å². The molecule has 0 fully saturated rings. The molecule has 0 bridgehead atoms. The Morgan fingerprint density at radius 2 is 1.59 bits per heavy atom. The molecule has 0 heterocycles. The third kappa shape index (κ3) is 7.07. The smallest absolute Gasteiger partial charge is 0.0936 e. The summed E-state index contributed by atoms with van der Waals surface area (Å²) in [5.41, 5.74) is 4.08. The maximum absolute atomic E-state index is 6.86. The van der Waals surface area contributed by atoms with Crippen LogP contribution in [-0.2, 0) is 16.9 Å². The van der Waals surface area contributed by atoms with Crippen LogP contribution in [0.25, 0.3) is 0 Å². The van der Waals surface area contributed by atoms with Gasteiger partial charge in [0.2, 0.25) is 0 Å². The number of hydrogen-bond donors (Lipinski definition) is 0. The van der Waals surface area contributed by atoms with Gasteiger partial charge in [0.05, 0.1) is 6.61 Å². The first kappa shape index (κ1) is 24.5. The van der Waals surface area contributed by atoms with Crippen molar-refractivity contribution in [2.45, 2.75) is 105 Å². The van der Waals surface area contributed by atoms with Gasteiger partial charge < -0.3 is 0 Å². The molecule has 0 aliphatic carbocycles. The van der Waals surface area contributed by atoms with Crippen LogP contribution in [0.1, 0.15) is 103 Å². The van der Waals surface area contributed by atoms with Crippen molar-refractivity contribution in [3.63, 3.8) is 0 Å². The highest BCUT2D eigenvalue weighted by Gasteiger charge is 2.32. The van der Waals surface area contributed by atoms with Crippen LogP contribution in [0.15, 0.2) is 12.1 Å². The number of aryl methyl sites for hydroxylation is 1. The lowest BCUT2D eigenvalue weighted by molar-refractivity contribution is -0.170. The molecule has 0 N–H and O–H groups in total. The molecule has 0 radical (unpaired) electrons. The first-order valence-corrected chi connectivity index (χ1v) is 11.5. The summed E-state index contributed by atoms with van der Waals surface area (Å²) in [7, 11) is 0. The fraction of sp³-hybridized carbons (Fsp3) is 0.750. The van der Waals surface area contributed by atoms with E-state index >= 15 is 0 Å². The lowest BCUT2D eigenvalue weighted by Gasteiger charge is -2.36. The molecular formula is C24H42ClNO. The Balaban J connectivity index is 3.02. The summed E-state index contributed by atoms with van der Waals surface area (Å²) in [6, 6.07) is 4.43. The number of benzene rings is 1. The van der Waals surface area contributed by atoms with Gasteiger partial charge in [-0.15, -0.1) is 0 Å². The predicted molar refractivity (Wildman–Crippen MR) is 120 cm³/mol. The predicted octanol–water partition coefficient (Wildman–Crippen LogP) is 7.84. The number of nitrogens with zero attached hydrogens (tertiary/aromatic N) is 1. The molecule has 27 heavy (non-hydrogen) atoms. The van der Waals surface area contributed by atoms with E-state index in [1.54, 1.807) is 0 Å². The monoisotopic (exact) mass is 395 g/mol. The molecule has 0 atom stereocenters. The fourth-order valence-corrected chi connectivity index (χ4v) is 4.91. The second-order valence-corrected chi connectivity index (χ2v) is 8.37. The summed E-state index contributed by atoms with van der Waals surface area (Å²) in [5, 5.41) is 3.04. The van der Waals surface area contributed by atoms with E-state index in [-0.39, 0.29) is 5.41 Å². The Morgan fingerprint density at radius 1 is 0.926 bits per heavy atom. The Bertz CT molecular complexity index is 514. The minimum Gasteiger partial charge on any atom is -0.294 e. The van der Waals surface area contributed by atoms with E-state index in [1.807, 2.05) is 0 Å². The largest absolute Gasteiger partial charge is 0.294 e. The lowest BCUT2D eigenvalue weighted by atomic mass is 9.70. The summed E-state index contributed by atoms with van der Waals surface area (Å²) >= 11 is 6.86. The van der Waals surface area contributed by atoms with Crippen LogP contribution in [0.3, 0.4) is 0 Å². The molecule has 1 aromatic rings. The van der Waals surface area contributed by atoms with E-state index in [4.69, 9.17) is 16.4 Å². The van der Waals surface area contributed by atoms with Gasteiger partial charge in [-0.2, -0.15) is 5.06 Å². The zero-order valence-electron chi connectivity index (χ0n) is 18.7. The normalized spacial score (nSPS) is 12.1. The summed E-state index contributed by atoms with van der Waals surface area (Å²) in [6.07, 6.45) is 9.41. The van der Waals surface area contributed by atoms with Crippen LogP contribution in [0.2, 0.25) is 5.02 Å². The van der Waals surface area contributed by atoms with Crippen LogP contribution in [0.5, 0.6) is 0 Å². The zero-order valence-corrected chi connectivity index (χ0v) is 19.4. The first-order chi connectivity index (χ1) is 13.0. The summed E-state index contributed by atoms with van der Waals surface area (Å²) < 4.78 is 0. The molecule has 0 aliphatic rings. The Morgan fingerprint density at radius 3 is 2.07 bits per heavy atom. The number of halogens is 1. The molecule has 1 rings (SSSR count). The fourth-order valence-electron chi connectivity index (χ4n) is 4.42. The molecule has 0 saturated carbocycles. The summed E-state index contributed by atoms with van der Waals surface area (Å²) in [6.45, 7) is 16.1. The van der Waals surface area contributed by atoms with Crippen molar-refractivity contribution >= 4 is 11.6 Å². The lowest BCUT2D eigenvalue weighted by Crippen LogP contribution is -2.27. The van der Waals surface area contributed by atoms with Gasteiger partial charge in [0.15, 0.2) is 0 Å². The van der Waals surface area contributed by atoms with Crippen LogP contribution in [0, 0.1) is 6.92 Å². The highest BCUT2D eigenvalue weighted by molar-refractivity contribution is 6.31. The average Bonchev–Trinajstić information content (AvgIpc) is 2.63. The Hall–Kier alpha value is -0.570. The summed E-state index contributed by atoms with van der Waals surface area (Å²) in [5.74, 6) is 0. The van der Waals surface area contributed by atoms with Gasteiger partial charge in [-0.3, -0.25) is 4.84 Å². The third-order valence-corrected chi connectivity index (χ3v) is 5.96. The van der Waals surface area contributed by atoms with Crippen molar-refractivity contribution in [1.29, 1.82) is 0 Å². The van der Waals surface area contributed by atoms with Gasteiger partial charge in [-0.1, -0.05) is 71.5 Å². The van der Waals surface area contributed by atoms with E-state index in [0.29, 0.717) is 6.61 Å². The maximum atomic E-state index is 6.86. The topological polar surface area (TPSA) is 12.5 Å². The quantitative estimate of drug-likeness (QED) is 0.297. The molecule has 0 spiro atoms. The molecule has 0 aliphatic heterocycles. The standard InChI is InChI=1S/C24H42ClNO/c1-7-12-16-26(15-10-4)27-19-21-17-20(6)23(22(25)18-21)24(11-5,13-8-2)14-9-3/h17-18H,7-16,19H2,1-6H3. The molecule has 156 valence electrons. The van der Waals surface area contributed by atoms with Crippen LogP contribution in [-0.4, -0.2) is 18.2 Å². The number of unbranched alkanes of at least 4 members (excludes halogenated alkanes) is 1. The molecule has 1 aromatic carbocycles. The van der Waals surface area contributed by atoms with Crippen LogP contribution >= 0.6 is 11.6 Å². The first-order valence-electron chi connectivity index (χ1n) is 11.1. The number of hydroxylamine groups is 2. The second kappa shape index (κ2) is 12.8. The van der Waals surface area contributed by atoms with Crippen molar-refractivity contribution in [2.24, 2.45) is 0 Å². The highest BCUT2D eigenvalue weighted by atomic mass is 35.5. The third-order valence-electron chi connectivity index (χ3n) is 5.66. The van der Waals surface area contributed by atoms with Gasteiger partial charge in [-0.05, 0) is 67.2 Å². The summed E-state index contributed by atoms with van der Waals surface area (Å²) in [4.78, 5) is 6.10. The Labute approximate surface area is 173 Å². The zero-order chi connectivity index (χ0) is 20.3. The van der Waals surface area contributed by atoms with Crippen molar-refractivity contribution in [3.8, 4) is 0 Å². The average molecular weight is 396 g/mol. The van der Waals surface area contributed by atoms with Gasteiger partial charge in [0, 0.05) is 18.1 Å². The second-order valence-electron chi connectivity index (χ2n) is 7.96. The van der Waals surface area contributed by atoms with E-state index in [2.05, 4.69) is 58.7 Å². The molecule has 0 saturated heterocycles. The SMILES string of the molecule is CCCCN(CCC)OCc1cc(C)c(C(CC)(CCC)CCC)c(Cl)c1. The van der Waals surface area contributed by atoms with Gasteiger partial charge in [-0.25, -0.2) is 0 Å². The van der Waals surface area contributed by atoms with E-state index in [0.717, 1.165) is 31.0 Å². The Kier molecular flexibility index (Phi) is 11.6. The highest BCUT2D eigenvalue weighted by Crippen LogP contribution is 2.43. The van der Waals surface area contributed by atoms with Crippen LogP contribution < -0.4 is 0 Å². The van der Waals surface area contributed by atoms with Gasteiger partial charge in [0.25, 0.3) is 0 Å². The van der Waals surface area contributed by atoms with E-state index in [1.165, 1.54) is 55.2 Å².